The number of aliphatic hydroxyl groups excluding tert-OH is 4. The van der Waals surface area contributed by atoms with Gasteiger partial charge < -0.3 is 34.6 Å². The second-order valence-electron chi connectivity index (χ2n) is 13.5. The minimum atomic E-state index is -1.47. The summed E-state index contributed by atoms with van der Waals surface area (Å²) in [6.45, 7) is 13.1. The first-order valence-corrected chi connectivity index (χ1v) is 15.7. The molecule has 1 saturated heterocycles. The van der Waals surface area contributed by atoms with E-state index in [1.54, 1.807) is 0 Å². The molecule has 8 atom stereocenters. The van der Waals surface area contributed by atoms with Gasteiger partial charge >= 0.3 is 0 Å². The van der Waals surface area contributed by atoms with Gasteiger partial charge in [-0.1, -0.05) is 72.6 Å². The number of fused-ring (bicyclic) bond motifs is 1. The Bertz CT molecular complexity index is 903. The molecule has 2 aliphatic rings. The second-order valence-corrected chi connectivity index (χ2v) is 13.5. The summed E-state index contributed by atoms with van der Waals surface area (Å²) in [6.07, 6.45) is 6.77. The van der Waals surface area contributed by atoms with Crippen molar-refractivity contribution in [2.45, 2.75) is 148 Å². The molecular weight excluding hydrogens is 508 g/mol. The van der Waals surface area contributed by atoms with Gasteiger partial charge in [-0.25, -0.2) is 0 Å². The summed E-state index contributed by atoms with van der Waals surface area (Å²) in [5, 5.41) is 39.9. The Balaban J connectivity index is 1.45. The van der Waals surface area contributed by atoms with E-state index in [9.17, 15) is 20.4 Å². The van der Waals surface area contributed by atoms with Crippen molar-refractivity contribution in [3.8, 4) is 11.5 Å². The molecule has 3 rings (SSSR count). The van der Waals surface area contributed by atoms with Crippen LogP contribution in [0.3, 0.4) is 0 Å². The maximum Gasteiger partial charge on any atom is 0.229 e. The van der Waals surface area contributed by atoms with Gasteiger partial charge in [0.15, 0.2) is 0 Å². The molecule has 1 aromatic rings. The number of rotatable bonds is 15. The average Bonchev–Trinajstić information content (AvgIpc) is 2.89. The number of hydrogen-bond acceptors (Lipinski definition) is 7. The number of aryl methyl sites for hydroxylation is 2. The Labute approximate surface area is 242 Å². The van der Waals surface area contributed by atoms with Gasteiger partial charge in [-0.3, -0.25) is 0 Å². The molecule has 0 aromatic heterocycles. The Kier molecular flexibility index (Phi) is 12.6. The van der Waals surface area contributed by atoms with E-state index >= 15 is 0 Å². The lowest BCUT2D eigenvalue weighted by Crippen LogP contribution is -2.60. The highest BCUT2D eigenvalue weighted by Crippen LogP contribution is 2.41. The third kappa shape index (κ3) is 9.32. The Morgan fingerprint density at radius 3 is 2.15 bits per heavy atom. The summed E-state index contributed by atoms with van der Waals surface area (Å²) >= 11 is 0. The zero-order valence-electron chi connectivity index (χ0n) is 25.8. The topological polar surface area (TPSA) is 109 Å². The average molecular weight is 565 g/mol. The molecule has 4 N–H and O–H groups in total. The molecule has 1 fully saturated rings. The number of aliphatic hydroxyl groups is 4. The summed E-state index contributed by atoms with van der Waals surface area (Å²) in [5.41, 5.74) is 1.80. The van der Waals surface area contributed by atoms with E-state index in [4.69, 9.17) is 14.2 Å². The van der Waals surface area contributed by atoms with E-state index in [0.29, 0.717) is 5.75 Å². The lowest BCUT2D eigenvalue weighted by molar-refractivity contribution is -0.277. The van der Waals surface area contributed by atoms with Crippen molar-refractivity contribution >= 4 is 0 Å². The van der Waals surface area contributed by atoms with Crippen LogP contribution in [0.4, 0.5) is 0 Å². The molecule has 2 heterocycles. The van der Waals surface area contributed by atoms with Crippen LogP contribution in [0.15, 0.2) is 12.1 Å². The molecule has 2 aliphatic heterocycles. The quantitative estimate of drug-likeness (QED) is 0.217. The van der Waals surface area contributed by atoms with Crippen molar-refractivity contribution in [3.05, 3.63) is 23.3 Å². The SMILES string of the molecule is Cc1cc(O[C@@H]2O[C@H](CO)[C@H](O)[C@H](O)[C@H]2O)cc2c1O[C@](C)(CCC[C@H](C)CCC[C@H](C)CCCC(C)C)CC2. The van der Waals surface area contributed by atoms with Gasteiger partial charge in [-0.05, 0) is 80.5 Å². The van der Waals surface area contributed by atoms with E-state index in [-0.39, 0.29) is 5.60 Å². The van der Waals surface area contributed by atoms with Gasteiger partial charge in [0.05, 0.1) is 6.61 Å². The zero-order chi connectivity index (χ0) is 29.4. The molecule has 0 radical (unpaired) electrons. The number of hydrogen-bond donors (Lipinski definition) is 4. The first kappa shape index (κ1) is 33.1. The molecule has 230 valence electrons. The molecule has 0 spiro atoms. The van der Waals surface area contributed by atoms with Crippen molar-refractivity contribution in [1.82, 2.24) is 0 Å². The van der Waals surface area contributed by atoms with E-state index in [1.165, 1.54) is 44.9 Å². The fourth-order valence-electron chi connectivity index (χ4n) is 6.18. The highest BCUT2D eigenvalue weighted by molar-refractivity contribution is 5.48. The molecule has 40 heavy (non-hydrogen) atoms. The highest BCUT2D eigenvalue weighted by atomic mass is 16.7. The fourth-order valence-corrected chi connectivity index (χ4v) is 6.18. The minimum Gasteiger partial charge on any atom is -0.487 e. The largest absolute Gasteiger partial charge is 0.487 e. The third-order valence-electron chi connectivity index (χ3n) is 8.97. The smallest absolute Gasteiger partial charge is 0.229 e. The van der Waals surface area contributed by atoms with Crippen LogP contribution in [0.1, 0.15) is 110 Å². The summed E-state index contributed by atoms with van der Waals surface area (Å²) in [7, 11) is 0. The van der Waals surface area contributed by atoms with Crippen molar-refractivity contribution in [1.29, 1.82) is 0 Å². The van der Waals surface area contributed by atoms with Crippen LogP contribution in [0.2, 0.25) is 0 Å². The zero-order valence-corrected chi connectivity index (χ0v) is 25.8. The molecule has 0 aliphatic carbocycles. The predicted octanol–water partition coefficient (Wildman–Crippen LogP) is 5.70. The van der Waals surface area contributed by atoms with Crippen LogP contribution >= 0.6 is 0 Å². The Morgan fingerprint density at radius 1 is 0.900 bits per heavy atom. The van der Waals surface area contributed by atoms with Gasteiger partial charge in [0.25, 0.3) is 0 Å². The van der Waals surface area contributed by atoms with Gasteiger partial charge in [-0.15, -0.1) is 0 Å². The molecule has 0 bridgehead atoms. The first-order chi connectivity index (χ1) is 18.9. The first-order valence-electron chi connectivity index (χ1n) is 15.7. The lowest BCUT2D eigenvalue weighted by Gasteiger charge is -2.40. The standard InChI is InChI=1S/C33H56O7/c1-21(2)10-7-11-22(3)12-8-13-23(4)14-9-16-33(6)17-15-25-19-26(18-24(5)31(25)40-33)38-32-30(37)29(36)28(35)27(20-34)39-32/h18-19,21-23,27-30,32,34-37H,7-17,20H2,1-6H3/t22-,23-,27-,28+,29+,30-,32-,33-/m1/s1. The summed E-state index contributed by atoms with van der Waals surface area (Å²) in [5.74, 6) is 3.79. The summed E-state index contributed by atoms with van der Waals surface area (Å²) in [6, 6.07) is 3.74. The maximum absolute atomic E-state index is 10.3. The molecule has 0 amide bonds. The molecule has 1 aromatic carbocycles. The molecular formula is C33H56O7. The Hall–Kier alpha value is -1.38. The van der Waals surface area contributed by atoms with Crippen molar-refractivity contribution < 1.29 is 34.6 Å². The van der Waals surface area contributed by atoms with Gasteiger partial charge in [-0.2, -0.15) is 0 Å². The van der Waals surface area contributed by atoms with Crippen molar-refractivity contribution in [2.75, 3.05) is 6.61 Å². The van der Waals surface area contributed by atoms with Crippen molar-refractivity contribution in [3.63, 3.8) is 0 Å². The Morgan fingerprint density at radius 2 is 1.52 bits per heavy atom. The van der Waals surface area contributed by atoms with E-state index in [1.807, 2.05) is 19.1 Å². The van der Waals surface area contributed by atoms with Gasteiger partial charge in [0.2, 0.25) is 6.29 Å². The van der Waals surface area contributed by atoms with Gasteiger partial charge in [0, 0.05) is 0 Å². The van der Waals surface area contributed by atoms with Crippen LogP contribution in [0.25, 0.3) is 0 Å². The van der Waals surface area contributed by atoms with E-state index < -0.39 is 37.3 Å². The fraction of sp³-hybridized carbons (Fsp3) is 0.818. The van der Waals surface area contributed by atoms with E-state index in [0.717, 1.165) is 60.3 Å². The molecule has 0 unspecified atom stereocenters. The van der Waals surface area contributed by atoms with Crippen LogP contribution in [0.5, 0.6) is 11.5 Å². The molecule has 7 nitrogen and oxygen atoms in total. The highest BCUT2D eigenvalue weighted by Gasteiger charge is 2.45. The maximum atomic E-state index is 10.3. The van der Waals surface area contributed by atoms with Crippen LogP contribution in [0, 0.1) is 24.7 Å². The summed E-state index contributed by atoms with van der Waals surface area (Å²) < 4.78 is 18.0. The lowest BCUT2D eigenvalue weighted by atomic mass is 9.85. The molecule has 7 heteroatoms. The number of ether oxygens (including phenoxy) is 3. The van der Waals surface area contributed by atoms with Gasteiger partial charge in [0.1, 0.15) is 41.5 Å². The van der Waals surface area contributed by atoms with Crippen molar-refractivity contribution in [2.24, 2.45) is 17.8 Å². The van der Waals surface area contributed by atoms with Crippen LogP contribution in [-0.4, -0.2) is 63.3 Å². The normalized spacial score (nSPS) is 30.0. The summed E-state index contributed by atoms with van der Waals surface area (Å²) in [4.78, 5) is 0. The van der Waals surface area contributed by atoms with Crippen LogP contribution < -0.4 is 9.47 Å². The third-order valence-corrected chi connectivity index (χ3v) is 8.97. The second kappa shape index (κ2) is 15.2. The molecule has 0 saturated carbocycles. The van der Waals surface area contributed by atoms with Crippen LogP contribution in [-0.2, 0) is 11.2 Å². The monoisotopic (exact) mass is 564 g/mol. The minimum absolute atomic E-state index is 0.192. The van der Waals surface area contributed by atoms with E-state index in [2.05, 4.69) is 34.6 Å². The number of benzene rings is 1. The predicted molar refractivity (Wildman–Crippen MR) is 158 cm³/mol.